The van der Waals surface area contributed by atoms with E-state index < -0.39 is 6.10 Å². The van der Waals surface area contributed by atoms with E-state index >= 15 is 0 Å². The third-order valence-corrected chi connectivity index (χ3v) is 4.41. The maximum absolute atomic E-state index is 12.7. The number of amides is 1. The third-order valence-electron chi connectivity index (χ3n) is 4.41. The van der Waals surface area contributed by atoms with E-state index in [9.17, 15) is 15.0 Å². The van der Waals surface area contributed by atoms with Gasteiger partial charge < -0.3 is 15.1 Å². The molecule has 1 heterocycles. The minimum absolute atomic E-state index is 0.0278. The predicted molar refractivity (Wildman–Crippen MR) is 88.2 cm³/mol. The van der Waals surface area contributed by atoms with E-state index in [-0.39, 0.29) is 17.7 Å². The number of hydrogen-bond acceptors (Lipinski definition) is 3. The zero-order chi connectivity index (χ0) is 16.2. The van der Waals surface area contributed by atoms with Gasteiger partial charge in [-0.2, -0.15) is 0 Å². The number of phenols is 1. The van der Waals surface area contributed by atoms with Crippen molar-refractivity contribution in [3.05, 3.63) is 65.7 Å². The van der Waals surface area contributed by atoms with Crippen molar-refractivity contribution < 1.29 is 15.0 Å². The Morgan fingerprint density at radius 3 is 2.70 bits per heavy atom. The summed E-state index contributed by atoms with van der Waals surface area (Å²) >= 11 is 0. The maximum Gasteiger partial charge on any atom is 0.254 e. The number of phenolic OH excluding ortho intramolecular Hbond substituents is 1. The molecule has 23 heavy (non-hydrogen) atoms. The topological polar surface area (TPSA) is 60.8 Å². The molecule has 3 rings (SSSR count). The summed E-state index contributed by atoms with van der Waals surface area (Å²) in [6, 6.07) is 16.0. The highest BCUT2D eigenvalue weighted by molar-refractivity contribution is 5.95. The van der Waals surface area contributed by atoms with Crippen molar-refractivity contribution >= 4 is 5.91 Å². The molecule has 0 radical (unpaired) electrons. The Balaban J connectivity index is 1.71. The first-order valence-electron chi connectivity index (χ1n) is 7.98. The number of hydrogen-bond donors (Lipinski definition) is 2. The van der Waals surface area contributed by atoms with Gasteiger partial charge in [0.25, 0.3) is 5.91 Å². The summed E-state index contributed by atoms with van der Waals surface area (Å²) in [5, 5.41) is 20.0. The van der Waals surface area contributed by atoms with Gasteiger partial charge >= 0.3 is 0 Å². The van der Waals surface area contributed by atoms with Gasteiger partial charge in [-0.1, -0.05) is 36.4 Å². The van der Waals surface area contributed by atoms with Crippen LogP contribution in [-0.4, -0.2) is 33.6 Å². The van der Waals surface area contributed by atoms with Crippen LogP contribution in [0.15, 0.2) is 54.6 Å². The van der Waals surface area contributed by atoms with Crippen LogP contribution in [0.5, 0.6) is 5.75 Å². The summed E-state index contributed by atoms with van der Waals surface area (Å²) in [6.45, 7) is 0.695. The number of benzene rings is 2. The number of aliphatic hydroxyl groups excluding tert-OH is 1. The molecule has 2 unspecified atom stereocenters. The molecule has 0 bridgehead atoms. The third kappa shape index (κ3) is 3.54. The van der Waals surface area contributed by atoms with E-state index in [1.807, 2.05) is 35.2 Å². The van der Waals surface area contributed by atoms with Crippen LogP contribution in [0.1, 0.15) is 41.3 Å². The lowest BCUT2D eigenvalue weighted by molar-refractivity contribution is 0.0666. The highest BCUT2D eigenvalue weighted by atomic mass is 16.3. The van der Waals surface area contributed by atoms with Gasteiger partial charge in [0.05, 0.1) is 6.10 Å². The van der Waals surface area contributed by atoms with Crippen LogP contribution in [0, 0.1) is 0 Å². The molecule has 2 aromatic rings. The smallest absolute Gasteiger partial charge is 0.254 e. The first-order valence-corrected chi connectivity index (χ1v) is 7.98. The van der Waals surface area contributed by atoms with E-state index in [1.165, 1.54) is 6.07 Å². The Labute approximate surface area is 136 Å². The number of aromatic hydroxyl groups is 1. The van der Waals surface area contributed by atoms with Crippen molar-refractivity contribution in [3.63, 3.8) is 0 Å². The van der Waals surface area contributed by atoms with E-state index in [0.717, 1.165) is 18.4 Å². The van der Waals surface area contributed by atoms with Crippen LogP contribution in [0.25, 0.3) is 0 Å². The molecule has 2 atom stereocenters. The van der Waals surface area contributed by atoms with Crippen LogP contribution >= 0.6 is 0 Å². The molecule has 4 heteroatoms. The largest absolute Gasteiger partial charge is 0.508 e. The Hall–Kier alpha value is -2.33. The first kappa shape index (κ1) is 15.6. The van der Waals surface area contributed by atoms with Crippen molar-refractivity contribution in [1.82, 2.24) is 4.90 Å². The number of nitrogens with zero attached hydrogens (tertiary/aromatic N) is 1. The molecule has 1 aliphatic rings. The average molecular weight is 311 g/mol. The predicted octanol–water partition coefficient (Wildman–Crippen LogP) is 3.12. The van der Waals surface area contributed by atoms with Crippen LogP contribution in [0.2, 0.25) is 0 Å². The monoisotopic (exact) mass is 311 g/mol. The van der Waals surface area contributed by atoms with Gasteiger partial charge in [-0.3, -0.25) is 4.79 Å². The van der Waals surface area contributed by atoms with Crippen LogP contribution in [0.3, 0.4) is 0 Å². The molecule has 4 nitrogen and oxygen atoms in total. The number of likely N-dealkylation sites (tertiary alicyclic amines) is 1. The number of carbonyl (C=O) groups excluding carboxylic acids is 1. The molecule has 0 aromatic heterocycles. The zero-order valence-electron chi connectivity index (χ0n) is 12.9. The lowest BCUT2D eigenvalue weighted by Gasteiger charge is -2.27. The average Bonchev–Trinajstić information content (AvgIpc) is 3.03. The molecule has 1 aliphatic heterocycles. The summed E-state index contributed by atoms with van der Waals surface area (Å²) < 4.78 is 0. The Morgan fingerprint density at radius 1 is 1.17 bits per heavy atom. The van der Waals surface area contributed by atoms with Gasteiger partial charge in [-0.25, -0.2) is 0 Å². The highest BCUT2D eigenvalue weighted by Gasteiger charge is 2.31. The summed E-state index contributed by atoms with van der Waals surface area (Å²) in [5.41, 5.74) is 1.37. The second-order valence-corrected chi connectivity index (χ2v) is 6.01. The van der Waals surface area contributed by atoms with Crippen molar-refractivity contribution in [2.45, 2.75) is 31.4 Å². The van der Waals surface area contributed by atoms with Crippen LogP contribution in [-0.2, 0) is 0 Å². The second kappa shape index (κ2) is 6.84. The molecule has 0 aliphatic carbocycles. The summed E-state index contributed by atoms with van der Waals surface area (Å²) in [4.78, 5) is 14.5. The van der Waals surface area contributed by atoms with E-state index in [0.29, 0.717) is 18.5 Å². The summed E-state index contributed by atoms with van der Waals surface area (Å²) in [5.74, 6) is 0.0135. The molecular formula is C19H21NO3. The van der Waals surface area contributed by atoms with Crippen molar-refractivity contribution in [2.24, 2.45) is 0 Å². The van der Waals surface area contributed by atoms with Crippen molar-refractivity contribution in [2.75, 3.05) is 6.54 Å². The fourth-order valence-corrected chi connectivity index (χ4v) is 3.22. The van der Waals surface area contributed by atoms with Crippen LogP contribution in [0.4, 0.5) is 0 Å². The zero-order valence-corrected chi connectivity index (χ0v) is 12.9. The van der Waals surface area contributed by atoms with Gasteiger partial charge in [0, 0.05) is 18.2 Å². The normalized spacial score (nSPS) is 18.8. The minimum Gasteiger partial charge on any atom is -0.508 e. The molecule has 0 spiro atoms. The quantitative estimate of drug-likeness (QED) is 0.912. The standard InChI is InChI=1S/C19H21NO3/c21-17-10-4-8-15(12-17)19(23)20-11-5-9-16(20)13-18(22)14-6-2-1-3-7-14/h1-4,6-8,10,12,16,18,21-22H,5,9,11,13H2. The molecular weight excluding hydrogens is 290 g/mol. The van der Waals surface area contributed by atoms with Crippen molar-refractivity contribution in [3.8, 4) is 5.75 Å². The molecule has 2 aromatic carbocycles. The van der Waals surface area contributed by atoms with Gasteiger partial charge in [0.2, 0.25) is 0 Å². The van der Waals surface area contributed by atoms with E-state index in [2.05, 4.69) is 0 Å². The molecule has 1 saturated heterocycles. The Morgan fingerprint density at radius 2 is 1.96 bits per heavy atom. The summed E-state index contributed by atoms with van der Waals surface area (Å²) in [7, 11) is 0. The van der Waals surface area contributed by atoms with Crippen molar-refractivity contribution in [1.29, 1.82) is 0 Å². The molecule has 2 N–H and O–H groups in total. The fourth-order valence-electron chi connectivity index (χ4n) is 3.22. The molecule has 0 saturated carbocycles. The minimum atomic E-state index is -0.571. The number of carbonyl (C=O) groups is 1. The summed E-state index contributed by atoms with van der Waals surface area (Å²) in [6.07, 6.45) is 1.80. The number of rotatable bonds is 4. The maximum atomic E-state index is 12.7. The SMILES string of the molecule is O=C(c1cccc(O)c1)N1CCCC1CC(O)c1ccccc1. The van der Waals surface area contributed by atoms with Gasteiger partial charge in [0.1, 0.15) is 5.75 Å². The van der Waals surface area contributed by atoms with Gasteiger partial charge in [-0.05, 0) is 43.0 Å². The fraction of sp³-hybridized carbons (Fsp3) is 0.316. The van der Waals surface area contributed by atoms with Crippen LogP contribution < -0.4 is 0 Å². The van der Waals surface area contributed by atoms with Gasteiger partial charge in [-0.15, -0.1) is 0 Å². The Kier molecular flexibility index (Phi) is 4.63. The van der Waals surface area contributed by atoms with E-state index in [1.54, 1.807) is 18.2 Å². The number of aliphatic hydroxyl groups is 1. The molecule has 1 amide bonds. The Bertz CT molecular complexity index is 671. The first-order chi connectivity index (χ1) is 11.1. The molecule has 120 valence electrons. The highest BCUT2D eigenvalue weighted by Crippen LogP contribution is 2.29. The second-order valence-electron chi connectivity index (χ2n) is 6.01. The lowest BCUT2D eigenvalue weighted by atomic mass is 10.00. The lowest BCUT2D eigenvalue weighted by Crippen LogP contribution is -2.36. The van der Waals surface area contributed by atoms with E-state index in [4.69, 9.17) is 0 Å². The van der Waals surface area contributed by atoms with Gasteiger partial charge in [0.15, 0.2) is 0 Å². The molecule has 1 fully saturated rings.